The number of methoxy groups -OCH3 is 1. The molecule has 0 aromatic heterocycles. The highest BCUT2D eigenvalue weighted by molar-refractivity contribution is 5.78. The molecule has 2 fully saturated rings. The Kier molecular flexibility index (Phi) is 5.81. The van der Waals surface area contributed by atoms with E-state index in [0.717, 1.165) is 37.9 Å². The van der Waals surface area contributed by atoms with Crippen LogP contribution in [0.4, 0.5) is 0 Å². The Balaban J connectivity index is 1.48. The Bertz CT molecular complexity index is 599. The van der Waals surface area contributed by atoms with Gasteiger partial charge in [-0.05, 0) is 43.9 Å². The Labute approximate surface area is 149 Å². The SMILES string of the molecule is COc1cc(C)ccc1OCC(=O)N1CCN([C@H]2CCC[C@H]2O)CC1. The van der Waals surface area contributed by atoms with E-state index in [9.17, 15) is 9.90 Å². The van der Waals surface area contributed by atoms with E-state index in [1.807, 2.05) is 30.0 Å². The topological polar surface area (TPSA) is 62.2 Å². The Morgan fingerprint density at radius 2 is 1.96 bits per heavy atom. The molecule has 6 heteroatoms. The van der Waals surface area contributed by atoms with Gasteiger partial charge in [0.25, 0.3) is 5.91 Å². The number of aryl methyl sites for hydroxylation is 1. The number of rotatable bonds is 5. The first-order valence-corrected chi connectivity index (χ1v) is 9.06. The van der Waals surface area contributed by atoms with E-state index in [4.69, 9.17) is 9.47 Å². The highest BCUT2D eigenvalue weighted by Gasteiger charge is 2.33. The standard InChI is InChI=1S/C19H28N2O4/c1-14-6-7-17(18(12-14)24-2)25-13-19(23)21-10-8-20(9-11-21)15-4-3-5-16(15)22/h6-7,12,15-16,22H,3-5,8-11,13H2,1-2H3/t15-,16+/m0/s1. The van der Waals surface area contributed by atoms with Crippen LogP contribution in [0, 0.1) is 6.92 Å². The van der Waals surface area contributed by atoms with Crippen molar-refractivity contribution >= 4 is 5.91 Å². The van der Waals surface area contributed by atoms with Gasteiger partial charge in [-0.1, -0.05) is 6.07 Å². The molecule has 0 unspecified atom stereocenters. The third-order valence-electron chi connectivity index (χ3n) is 5.25. The third kappa shape index (κ3) is 4.25. The zero-order valence-corrected chi connectivity index (χ0v) is 15.1. The van der Waals surface area contributed by atoms with E-state index in [2.05, 4.69) is 4.90 Å². The summed E-state index contributed by atoms with van der Waals surface area (Å²) in [6.45, 7) is 5.03. The molecule has 1 N–H and O–H groups in total. The maximum atomic E-state index is 12.4. The number of piperazine rings is 1. The van der Waals surface area contributed by atoms with Gasteiger partial charge < -0.3 is 19.5 Å². The summed E-state index contributed by atoms with van der Waals surface area (Å²) in [6, 6.07) is 5.94. The van der Waals surface area contributed by atoms with Crippen molar-refractivity contribution in [3.8, 4) is 11.5 Å². The smallest absolute Gasteiger partial charge is 0.260 e. The second kappa shape index (κ2) is 8.06. The molecule has 25 heavy (non-hydrogen) atoms. The maximum absolute atomic E-state index is 12.4. The van der Waals surface area contributed by atoms with Crippen LogP contribution >= 0.6 is 0 Å². The first-order valence-electron chi connectivity index (χ1n) is 9.06. The molecule has 138 valence electrons. The second-order valence-electron chi connectivity index (χ2n) is 6.93. The molecule has 0 radical (unpaired) electrons. The largest absolute Gasteiger partial charge is 0.493 e. The molecule has 2 aliphatic rings. The average molecular weight is 348 g/mol. The molecule has 1 saturated heterocycles. The molecule has 0 spiro atoms. The summed E-state index contributed by atoms with van der Waals surface area (Å²) >= 11 is 0. The van der Waals surface area contributed by atoms with Gasteiger partial charge in [0.05, 0.1) is 13.2 Å². The van der Waals surface area contributed by atoms with Gasteiger partial charge in [-0.2, -0.15) is 0 Å². The van der Waals surface area contributed by atoms with Crippen molar-refractivity contribution in [1.82, 2.24) is 9.80 Å². The molecule has 1 amide bonds. The van der Waals surface area contributed by atoms with E-state index < -0.39 is 0 Å². The lowest BCUT2D eigenvalue weighted by molar-refractivity contribution is -0.135. The van der Waals surface area contributed by atoms with Gasteiger partial charge in [0.15, 0.2) is 18.1 Å². The van der Waals surface area contributed by atoms with Gasteiger partial charge in [0, 0.05) is 32.2 Å². The summed E-state index contributed by atoms with van der Waals surface area (Å²) in [4.78, 5) is 16.6. The first-order chi connectivity index (χ1) is 12.1. The van der Waals surface area contributed by atoms with E-state index in [1.165, 1.54) is 0 Å². The maximum Gasteiger partial charge on any atom is 0.260 e. The summed E-state index contributed by atoms with van der Waals surface area (Å²) in [7, 11) is 1.60. The minimum absolute atomic E-state index is 0.00533. The molecule has 6 nitrogen and oxygen atoms in total. The minimum atomic E-state index is -0.209. The minimum Gasteiger partial charge on any atom is -0.493 e. The van der Waals surface area contributed by atoms with Crippen LogP contribution in [0.25, 0.3) is 0 Å². The molecule has 3 rings (SSSR count). The molecular weight excluding hydrogens is 320 g/mol. The highest BCUT2D eigenvalue weighted by Crippen LogP contribution is 2.28. The summed E-state index contributed by atoms with van der Waals surface area (Å²) < 4.78 is 11.0. The van der Waals surface area contributed by atoms with Crippen LogP contribution in [-0.4, -0.2) is 72.9 Å². The van der Waals surface area contributed by atoms with Crippen LogP contribution in [0.1, 0.15) is 24.8 Å². The van der Waals surface area contributed by atoms with Crippen LogP contribution in [0.5, 0.6) is 11.5 Å². The van der Waals surface area contributed by atoms with Gasteiger partial charge in [0.2, 0.25) is 0 Å². The van der Waals surface area contributed by atoms with Gasteiger partial charge in [0.1, 0.15) is 0 Å². The Morgan fingerprint density at radius 1 is 1.20 bits per heavy atom. The summed E-state index contributed by atoms with van der Waals surface area (Å²) in [5, 5.41) is 10.0. The van der Waals surface area contributed by atoms with Gasteiger partial charge in [-0.15, -0.1) is 0 Å². The number of aliphatic hydroxyl groups is 1. The molecule has 1 aliphatic carbocycles. The predicted molar refractivity (Wildman–Crippen MR) is 95.0 cm³/mol. The summed E-state index contributed by atoms with van der Waals surface area (Å²) in [5.41, 5.74) is 1.08. The van der Waals surface area contributed by atoms with Gasteiger partial charge in [-0.25, -0.2) is 0 Å². The van der Waals surface area contributed by atoms with Crippen LogP contribution in [0.15, 0.2) is 18.2 Å². The van der Waals surface area contributed by atoms with Crippen molar-refractivity contribution < 1.29 is 19.4 Å². The number of benzene rings is 1. The number of carbonyl (C=O) groups is 1. The molecule has 1 aromatic rings. The number of hydrogen-bond acceptors (Lipinski definition) is 5. The molecule has 1 aromatic carbocycles. The van der Waals surface area contributed by atoms with Crippen LogP contribution < -0.4 is 9.47 Å². The lowest BCUT2D eigenvalue weighted by Gasteiger charge is -2.39. The Hall–Kier alpha value is -1.79. The van der Waals surface area contributed by atoms with E-state index in [1.54, 1.807) is 7.11 Å². The van der Waals surface area contributed by atoms with E-state index in [0.29, 0.717) is 24.6 Å². The number of nitrogens with zero attached hydrogens (tertiary/aromatic N) is 2. The molecular formula is C19H28N2O4. The van der Waals surface area contributed by atoms with Crippen molar-refractivity contribution in [2.45, 2.75) is 38.3 Å². The lowest BCUT2D eigenvalue weighted by Crippen LogP contribution is -2.54. The Morgan fingerprint density at radius 3 is 2.60 bits per heavy atom. The molecule has 1 aliphatic heterocycles. The van der Waals surface area contributed by atoms with Crippen LogP contribution in [0.2, 0.25) is 0 Å². The fourth-order valence-corrected chi connectivity index (χ4v) is 3.77. The molecule has 1 heterocycles. The average Bonchev–Trinajstić information content (AvgIpc) is 3.06. The van der Waals surface area contributed by atoms with E-state index >= 15 is 0 Å². The summed E-state index contributed by atoms with van der Waals surface area (Å²) in [5.74, 6) is 1.23. The first kappa shape index (κ1) is 18.0. The van der Waals surface area contributed by atoms with Crippen molar-refractivity contribution in [2.24, 2.45) is 0 Å². The van der Waals surface area contributed by atoms with Gasteiger partial charge in [-0.3, -0.25) is 9.69 Å². The second-order valence-corrected chi connectivity index (χ2v) is 6.93. The van der Waals surface area contributed by atoms with E-state index in [-0.39, 0.29) is 24.7 Å². The fourth-order valence-electron chi connectivity index (χ4n) is 3.77. The highest BCUT2D eigenvalue weighted by atomic mass is 16.5. The number of carbonyl (C=O) groups excluding carboxylic acids is 1. The number of ether oxygens (including phenoxy) is 2. The number of amides is 1. The predicted octanol–water partition coefficient (Wildman–Crippen LogP) is 1.44. The van der Waals surface area contributed by atoms with Gasteiger partial charge >= 0.3 is 0 Å². The quantitative estimate of drug-likeness (QED) is 0.872. The number of hydrogen-bond donors (Lipinski definition) is 1. The monoisotopic (exact) mass is 348 g/mol. The van der Waals surface area contributed by atoms with Crippen molar-refractivity contribution in [2.75, 3.05) is 39.9 Å². The van der Waals surface area contributed by atoms with Crippen LogP contribution in [-0.2, 0) is 4.79 Å². The third-order valence-corrected chi connectivity index (χ3v) is 5.25. The zero-order chi connectivity index (χ0) is 17.8. The van der Waals surface area contributed by atoms with Crippen molar-refractivity contribution in [3.05, 3.63) is 23.8 Å². The zero-order valence-electron chi connectivity index (χ0n) is 15.1. The lowest BCUT2D eigenvalue weighted by atomic mass is 10.1. The molecule has 2 atom stereocenters. The van der Waals surface area contributed by atoms with Crippen LogP contribution in [0.3, 0.4) is 0 Å². The number of aliphatic hydroxyl groups excluding tert-OH is 1. The van der Waals surface area contributed by atoms with Crippen molar-refractivity contribution in [3.63, 3.8) is 0 Å². The summed E-state index contributed by atoms with van der Waals surface area (Å²) in [6.07, 6.45) is 2.85. The normalized spacial score (nSPS) is 24.4. The molecule has 0 bridgehead atoms. The fraction of sp³-hybridized carbons (Fsp3) is 0.632. The molecule has 1 saturated carbocycles. The van der Waals surface area contributed by atoms with Crippen molar-refractivity contribution in [1.29, 1.82) is 0 Å².